The first kappa shape index (κ1) is 10.9. The third kappa shape index (κ3) is 2.12. The number of rotatable bonds is 3. The second kappa shape index (κ2) is 4.58. The fraction of sp³-hybridized carbons (Fsp3) is 0.500. The molecule has 0 radical (unpaired) electrons. The van der Waals surface area contributed by atoms with Crippen LogP contribution in [-0.4, -0.2) is 23.4 Å². The Morgan fingerprint density at radius 2 is 2.47 bits per heavy atom. The molecule has 0 amide bonds. The summed E-state index contributed by atoms with van der Waals surface area (Å²) in [6.07, 6.45) is 0.992. The van der Waals surface area contributed by atoms with Crippen LogP contribution in [0.5, 0.6) is 0 Å². The van der Waals surface area contributed by atoms with Crippen molar-refractivity contribution in [2.45, 2.75) is 25.2 Å². The van der Waals surface area contributed by atoms with Crippen molar-refractivity contribution in [2.75, 3.05) is 13.2 Å². The third-order valence-corrected chi connectivity index (χ3v) is 4.15. The van der Waals surface area contributed by atoms with Gasteiger partial charge in [-0.1, -0.05) is 11.2 Å². The summed E-state index contributed by atoms with van der Waals surface area (Å²) >= 11 is 1.71. The van der Waals surface area contributed by atoms with Crippen LogP contribution in [0.15, 0.2) is 22.0 Å². The molecule has 0 unspecified atom stereocenters. The van der Waals surface area contributed by atoms with Gasteiger partial charge in [-0.3, -0.25) is 0 Å². The fourth-order valence-electron chi connectivity index (χ4n) is 1.99. The van der Waals surface area contributed by atoms with Crippen LogP contribution in [0.4, 0.5) is 0 Å². The van der Waals surface area contributed by atoms with Gasteiger partial charge in [0.15, 0.2) is 5.82 Å². The Morgan fingerprint density at radius 1 is 1.53 bits per heavy atom. The minimum atomic E-state index is 0.179. The van der Waals surface area contributed by atoms with Crippen molar-refractivity contribution < 1.29 is 9.26 Å². The van der Waals surface area contributed by atoms with E-state index < -0.39 is 0 Å². The SMILES string of the molecule is C[C@H](c1nc([C@@H]2CCOC2)no1)c1cccs1. The zero-order chi connectivity index (χ0) is 11.7. The van der Waals surface area contributed by atoms with Crippen molar-refractivity contribution in [2.24, 2.45) is 0 Å². The summed E-state index contributed by atoms with van der Waals surface area (Å²) in [4.78, 5) is 5.75. The first-order valence-corrected chi connectivity index (χ1v) is 6.67. The average Bonchev–Trinajstić information content (AvgIpc) is 3.09. The standard InChI is InChI=1S/C12H14N2O2S/c1-8(10-3-2-6-17-10)12-13-11(14-16-12)9-4-5-15-7-9/h2-3,6,8-9H,4-5,7H2,1H3/t8-,9+/m0/s1. The second-order valence-corrected chi connectivity index (χ2v) is 5.27. The Labute approximate surface area is 104 Å². The van der Waals surface area contributed by atoms with E-state index in [-0.39, 0.29) is 5.92 Å². The van der Waals surface area contributed by atoms with E-state index in [2.05, 4.69) is 28.5 Å². The summed E-state index contributed by atoms with van der Waals surface area (Å²) in [5.41, 5.74) is 0. The summed E-state index contributed by atoms with van der Waals surface area (Å²) in [5, 5.41) is 6.13. The highest BCUT2D eigenvalue weighted by molar-refractivity contribution is 7.10. The Bertz CT molecular complexity index is 474. The van der Waals surface area contributed by atoms with Crippen LogP contribution in [0.3, 0.4) is 0 Å². The molecule has 1 aliphatic heterocycles. The maximum atomic E-state index is 5.35. The molecule has 0 saturated carbocycles. The third-order valence-electron chi connectivity index (χ3n) is 3.09. The van der Waals surface area contributed by atoms with Gasteiger partial charge in [-0.15, -0.1) is 11.3 Å². The first-order chi connectivity index (χ1) is 8.34. The van der Waals surface area contributed by atoms with Crippen molar-refractivity contribution >= 4 is 11.3 Å². The zero-order valence-electron chi connectivity index (χ0n) is 9.63. The minimum absolute atomic E-state index is 0.179. The van der Waals surface area contributed by atoms with Crippen molar-refractivity contribution in [3.05, 3.63) is 34.1 Å². The van der Waals surface area contributed by atoms with Gasteiger partial charge in [-0.2, -0.15) is 4.98 Å². The molecular formula is C12H14N2O2S. The number of nitrogens with zero attached hydrogens (tertiary/aromatic N) is 2. The van der Waals surface area contributed by atoms with Gasteiger partial charge in [0.1, 0.15) is 0 Å². The molecule has 1 fully saturated rings. The van der Waals surface area contributed by atoms with E-state index in [9.17, 15) is 0 Å². The molecule has 0 spiro atoms. The Hall–Kier alpha value is -1.20. The highest BCUT2D eigenvalue weighted by atomic mass is 32.1. The van der Waals surface area contributed by atoms with Crippen LogP contribution >= 0.6 is 11.3 Å². The van der Waals surface area contributed by atoms with Gasteiger partial charge < -0.3 is 9.26 Å². The average molecular weight is 250 g/mol. The van der Waals surface area contributed by atoms with Crippen LogP contribution in [0.2, 0.25) is 0 Å². The highest BCUT2D eigenvalue weighted by Crippen LogP contribution is 2.29. The summed E-state index contributed by atoms with van der Waals surface area (Å²) in [6, 6.07) is 4.14. The molecule has 1 aliphatic rings. The Morgan fingerprint density at radius 3 is 3.18 bits per heavy atom. The van der Waals surface area contributed by atoms with E-state index in [1.807, 2.05) is 6.07 Å². The molecule has 0 bridgehead atoms. The van der Waals surface area contributed by atoms with E-state index in [4.69, 9.17) is 9.26 Å². The molecule has 0 N–H and O–H groups in total. The Kier molecular flexibility index (Phi) is 2.94. The molecule has 3 rings (SSSR count). The largest absolute Gasteiger partial charge is 0.381 e. The molecule has 2 atom stereocenters. The smallest absolute Gasteiger partial charge is 0.234 e. The van der Waals surface area contributed by atoms with Crippen molar-refractivity contribution in [1.82, 2.24) is 10.1 Å². The van der Waals surface area contributed by atoms with Crippen molar-refractivity contribution in [1.29, 1.82) is 0 Å². The fourth-order valence-corrected chi connectivity index (χ4v) is 2.76. The molecule has 4 nitrogen and oxygen atoms in total. The van der Waals surface area contributed by atoms with Gasteiger partial charge in [0.05, 0.1) is 12.5 Å². The number of ether oxygens (including phenoxy) is 1. The lowest BCUT2D eigenvalue weighted by Crippen LogP contribution is -2.01. The predicted octanol–water partition coefficient (Wildman–Crippen LogP) is 2.79. The first-order valence-electron chi connectivity index (χ1n) is 5.79. The molecule has 3 heterocycles. The molecule has 17 heavy (non-hydrogen) atoms. The van der Waals surface area contributed by atoms with E-state index >= 15 is 0 Å². The molecule has 1 saturated heterocycles. The van der Waals surface area contributed by atoms with E-state index in [1.54, 1.807) is 11.3 Å². The normalized spacial score (nSPS) is 21.8. The maximum Gasteiger partial charge on any atom is 0.234 e. The van der Waals surface area contributed by atoms with E-state index in [1.165, 1.54) is 4.88 Å². The molecule has 0 aromatic carbocycles. The van der Waals surface area contributed by atoms with Crippen molar-refractivity contribution in [3.8, 4) is 0 Å². The highest BCUT2D eigenvalue weighted by Gasteiger charge is 2.25. The number of hydrogen-bond acceptors (Lipinski definition) is 5. The topological polar surface area (TPSA) is 48.2 Å². The lowest BCUT2D eigenvalue weighted by Gasteiger charge is -2.02. The zero-order valence-corrected chi connectivity index (χ0v) is 10.4. The van der Waals surface area contributed by atoms with E-state index in [0.29, 0.717) is 18.4 Å². The minimum Gasteiger partial charge on any atom is -0.381 e. The van der Waals surface area contributed by atoms with Crippen LogP contribution < -0.4 is 0 Å². The maximum absolute atomic E-state index is 5.35. The molecule has 0 aliphatic carbocycles. The molecule has 2 aromatic heterocycles. The summed E-state index contributed by atoms with van der Waals surface area (Å²) in [6.45, 7) is 3.61. The van der Waals surface area contributed by atoms with Gasteiger partial charge in [-0.05, 0) is 24.8 Å². The molecule has 90 valence electrons. The van der Waals surface area contributed by atoms with Gasteiger partial charge in [-0.25, -0.2) is 0 Å². The van der Waals surface area contributed by atoms with E-state index in [0.717, 1.165) is 18.9 Å². The number of aromatic nitrogens is 2. The van der Waals surface area contributed by atoms with Gasteiger partial charge in [0, 0.05) is 17.4 Å². The summed E-state index contributed by atoms with van der Waals surface area (Å²) in [5.74, 6) is 1.98. The van der Waals surface area contributed by atoms with Crippen LogP contribution in [0, 0.1) is 0 Å². The van der Waals surface area contributed by atoms with Crippen LogP contribution in [0.25, 0.3) is 0 Å². The summed E-state index contributed by atoms with van der Waals surface area (Å²) < 4.78 is 10.7. The predicted molar refractivity (Wildman–Crippen MR) is 64.3 cm³/mol. The summed E-state index contributed by atoms with van der Waals surface area (Å²) in [7, 11) is 0. The van der Waals surface area contributed by atoms with Gasteiger partial charge in [0.2, 0.25) is 5.89 Å². The quantitative estimate of drug-likeness (QED) is 0.840. The molecular weight excluding hydrogens is 236 g/mol. The molecule has 5 heteroatoms. The van der Waals surface area contributed by atoms with Crippen molar-refractivity contribution in [3.63, 3.8) is 0 Å². The van der Waals surface area contributed by atoms with Gasteiger partial charge in [0.25, 0.3) is 0 Å². The monoisotopic (exact) mass is 250 g/mol. The number of thiophene rings is 1. The van der Waals surface area contributed by atoms with Crippen LogP contribution in [0.1, 0.15) is 41.8 Å². The number of hydrogen-bond donors (Lipinski definition) is 0. The molecule has 2 aromatic rings. The van der Waals surface area contributed by atoms with Crippen LogP contribution in [-0.2, 0) is 4.74 Å². The Balaban J connectivity index is 1.80. The second-order valence-electron chi connectivity index (χ2n) is 4.29. The van der Waals surface area contributed by atoms with Gasteiger partial charge >= 0.3 is 0 Å². The lowest BCUT2D eigenvalue weighted by molar-refractivity contribution is 0.192. The lowest BCUT2D eigenvalue weighted by atomic mass is 10.1.